The zero-order valence-electron chi connectivity index (χ0n) is 9.78. The third-order valence-electron chi connectivity index (χ3n) is 2.68. The zero-order valence-corrected chi connectivity index (χ0v) is 12.1. The molecule has 0 aromatic rings. The Labute approximate surface area is 113 Å². The summed E-state index contributed by atoms with van der Waals surface area (Å²) in [4.78, 5) is 4.32. The van der Waals surface area contributed by atoms with Crippen molar-refractivity contribution in [3.8, 4) is 0 Å². The monoisotopic (exact) mass is 341 g/mol. The second-order valence-electron chi connectivity index (χ2n) is 4.24. The fourth-order valence-electron chi connectivity index (χ4n) is 1.77. The number of aliphatic imine (C=N–C) groups is 1. The van der Waals surface area contributed by atoms with Gasteiger partial charge in [0, 0.05) is 19.0 Å². The van der Waals surface area contributed by atoms with Crippen LogP contribution in [0.4, 0.5) is 0 Å². The second-order valence-corrected chi connectivity index (χ2v) is 4.24. The number of nitrogens with zero attached hydrogens (tertiary/aromatic N) is 1. The van der Waals surface area contributed by atoms with Crippen molar-refractivity contribution in [1.29, 1.82) is 0 Å². The Morgan fingerprint density at radius 1 is 1.50 bits per heavy atom. The standard InChI is InChI=1S/C10H19N3O2.HI/c1-8-7-12-9(13-8)11-4-3-10(2)14-5-6-15-10;/h8H,3-7H2,1-2H3,(H2,11,12,13);1H. The van der Waals surface area contributed by atoms with E-state index in [2.05, 4.69) is 22.5 Å². The van der Waals surface area contributed by atoms with Crippen molar-refractivity contribution in [2.24, 2.45) is 4.99 Å². The quantitative estimate of drug-likeness (QED) is 0.742. The molecule has 94 valence electrons. The van der Waals surface area contributed by atoms with Crippen LogP contribution in [0.2, 0.25) is 0 Å². The van der Waals surface area contributed by atoms with E-state index in [1.165, 1.54) is 0 Å². The SMILES string of the molecule is CC1CN=C(NCCC2(C)OCCO2)N1.I. The fraction of sp³-hybridized carbons (Fsp3) is 0.900. The van der Waals surface area contributed by atoms with Crippen molar-refractivity contribution < 1.29 is 9.47 Å². The van der Waals surface area contributed by atoms with Gasteiger partial charge in [-0.2, -0.15) is 0 Å². The Balaban J connectivity index is 0.00000128. The number of ether oxygens (including phenoxy) is 2. The van der Waals surface area contributed by atoms with E-state index in [4.69, 9.17) is 9.47 Å². The summed E-state index contributed by atoms with van der Waals surface area (Å²) < 4.78 is 11.0. The van der Waals surface area contributed by atoms with E-state index >= 15 is 0 Å². The summed E-state index contributed by atoms with van der Waals surface area (Å²) in [6, 6.07) is 0.446. The molecule has 2 aliphatic heterocycles. The third kappa shape index (κ3) is 3.74. The molecule has 5 nitrogen and oxygen atoms in total. The van der Waals surface area contributed by atoms with E-state index < -0.39 is 5.79 Å². The van der Waals surface area contributed by atoms with Gasteiger partial charge in [-0.15, -0.1) is 24.0 Å². The van der Waals surface area contributed by atoms with Gasteiger partial charge in [0.15, 0.2) is 11.7 Å². The van der Waals surface area contributed by atoms with Crippen LogP contribution in [0.15, 0.2) is 4.99 Å². The van der Waals surface area contributed by atoms with Crippen LogP contribution < -0.4 is 10.6 Å². The van der Waals surface area contributed by atoms with Crippen molar-refractivity contribution in [3.05, 3.63) is 0 Å². The van der Waals surface area contributed by atoms with Gasteiger partial charge in [-0.1, -0.05) is 0 Å². The van der Waals surface area contributed by atoms with E-state index in [1.54, 1.807) is 0 Å². The number of guanidine groups is 1. The number of halogens is 1. The minimum atomic E-state index is -0.405. The van der Waals surface area contributed by atoms with Gasteiger partial charge in [0.25, 0.3) is 0 Å². The molecule has 1 unspecified atom stereocenters. The predicted molar refractivity (Wildman–Crippen MR) is 73.2 cm³/mol. The fourth-order valence-corrected chi connectivity index (χ4v) is 1.77. The molecule has 16 heavy (non-hydrogen) atoms. The molecule has 0 aromatic carbocycles. The Hall–Kier alpha value is -0.0800. The molecular weight excluding hydrogens is 321 g/mol. The molecule has 2 aliphatic rings. The molecule has 1 fully saturated rings. The van der Waals surface area contributed by atoms with Crippen LogP contribution in [0, 0.1) is 0 Å². The summed E-state index contributed by atoms with van der Waals surface area (Å²) in [6.07, 6.45) is 0.835. The maximum absolute atomic E-state index is 5.50. The normalized spacial score (nSPS) is 26.9. The van der Waals surface area contributed by atoms with Gasteiger partial charge in [-0.3, -0.25) is 4.99 Å². The lowest BCUT2D eigenvalue weighted by Gasteiger charge is -2.22. The van der Waals surface area contributed by atoms with E-state index in [-0.39, 0.29) is 24.0 Å². The summed E-state index contributed by atoms with van der Waals surface area (Å²) in [5.74, 6) is 0.488. The van der Waals surface area contributed by atoms with E-state index in [0.717, 1.165) is 25.5 Å². The first-order valence-corrected chi connectivity index (χ1v) is 5.51. The third-order valence-corrected chi connectivity index (χ3v) is 2.68. The molecule has 0 radical (unpaired) electrons. The molecule has 1 saturated heterocycles. The molecule has 6 heteroatoms. The first-order chi connectivity index (χ1) is 7.18. The maximum Gasteiger partial charge on any atom is 0.191 e. The molecule has 2 N–H and O–H groups in total. The van der Waals surface area contributed by atoms with Gasteiger partial charge < -0.3 is 20.1 Å². The highest BCUT2D eigenvalue weighted by Crippen LogP contribution is 2.21. The van der Waals surface area contributed by atoms with Crippen molar-refractivity contribution in [3.63, 3.8) is 0 Å². The van der Waals surface area contributed by atoms with Crippen molar-refractivity contribution >= 4 is 29.9 Å². The summed E-state index contributed by atoms with van der Waals surface area (Å²) in [5.41, 5.74) is 0. The minimum absolute atomic E-state index is 0. The Bertz CT molecular complexity index is 254. The second kappa shape index (κ2) is 6.02. The summed E-state index contributed by atoms with van der Waals surface area (Å²) in [7, 11) is 0. The topological polar surface area (TPSA) is 54.9 Å². The summed E-state index contributed by atoms with van der Waals surface area (Å²) in [6.45, 7) is 7.16. The number of nitrogens with one attached hydrogen (secondary N) is 2. The lowest BCUT2D eigenvalue weighted by atomic mass is 10.2. The van der Waals surface area contributed by atoms with Crippen LogP contribution in [0.3, 0.4) is 0 Å². The molecule has 2 heterocycles. The number of hydrogen-bond acceptors (Lipinski definition) is 5. The molecular formula is C10H20IN3O2. The Kier molecular flexibility index (Phi) is 5.26. The highest BCUT2D eigenvalue weighted by molar-refractivity contribution is 14.0. The van der Waals surface area contributed by atoms with Crippen LogP contribution >= 0.6 is 24.0 Å². The molecule has 1 atom stereocenters. The molecule has 0 spiro atoms. The largest absolute Gasteiger partial charge is 0.356 e. The van der Waals surface area contributed by atoms with Crippen LogP contribution in [0.5, 0.6) is 0 Å². The average Bonchev–Trinajstić information content (AvgIpc) is 2.76. The lowest BCUT2D eigenvalue weighted by molar-refractivity contribution is -0.145. The van der Waals surface area contributed by atoms with E-state index in [0.29, 0.717) is 19.3 Å². The van der Waals surface area contributed by atoms with Crippen molar-refractivity contribution in [1.82, 2.24) is 10.6 Å². The van der Waals surface area contributed by atoms with Gasteiger partial charge in [0.2, 0.25) is 0 Å². The highest BCUT2D eigenvalue weighted by Gasteiger charge is 2.30. The van der Waals surface area contributed by atoms with E-state index in [9.17, 15) is 0 Å². The van der Waals surface area contributed by atoms with Crippen LogP contribution in [0.1, 0.15) is 20.3 Å². The van der Waals surface area contributed by atoms with Crippen molar-refractivity contribution in [2.75, 3.05) is 26.3 Å². The Morgan fingerprint density at radius 2 is 2.19 bits per heavy atom. The van der Waals surface area contributed by atoms with Gasteiger partial charge in [0.05, 0.1) is 19.8 Å². The van der Waals surface area contributed by atoms with Crippen LogP contribution in [-0.4, -0.2) is 44.1 Å². The average molecular weight is 341 g/mol. The molecule has 0 aliphatic carbocycles. The van der Waals surface area contributed by atoms with Crippen LogP contribution in [-0.2, 0) is 9.47 Å². The van der Waals surface area contributed by atoms with Crippen molar-refractivity contribution in [2.45, 2.75) is 32.1 Å². The Morgan fingerprint density at radius 3 is 2.75 bits per heavy atom. The van der Waals surface area contributed by atoms with Gasteiger partial charge in [-0.05, 0) is 13.8 Å². The van der Waals surface area contributed by atoms with Gasteiger partial charge in [0.1, 0.15) is 0 Å². The summed E-state index contributed by atoms with van der Waals surface area (Å²) >= 11 is 0. The molecule has 0 amide bonds. The number of hydrogen-bond donors (Lipinski definition) is 2. The zero-order chi connectivity index (χ0) is 10.7. The number of rotatable bonds is 3. The van der Waals surface area contributed by atoms with Gasteiger partial charge in [-0.25, -0.2) is 0 Å². The first-order valence-electron chi connectivity index (χ1n) is 5.51. The highest BCUT2D eigenvalue weighted by atomic mass is 127. The van der Waals surface area contributed by atoms with Crippen LogP contribution in [0.25, 0.3) is 0 Å². The minimum Gasteiger partial charge on any atom is -0.356 e. The van der Waals surface area contributed by atoms with E-state index in [1.807, 2.05) is 6.92 Å². The smallest absolute Gasteiger partial charge is 0.191 e. The molecule has 0 saturated carbocycles. The summed E-state index contributed by atoms with van der Waals surface area (Å²) in [5, 5.41) is 6.49. The molecule has 0 aromatic heterocycles. The predicted octanol–water partition coefficient (Wildman–Crippen LogP) is 0.695. The lowest BCUT2D eigenvalue weighted by Crippen LogP contribution is -2.40. The molecule has 0 bridgehead atoms. The van der Waals surface area contributed by atoms with Gasteiger partial charge >= 0.3 is 0 Å². The first kappa shape index (κ1) is 14.0. The molecule has 2 rings (SSSR count). The maximum atomic E-state index is 5.50.